The topological polar surface area (TPSA) is 161 Å². The fourth-order valence-electron chi connectivity index (χ4n) is 2.97. The van der Waals surface area contributed by atoms with E-state index in [1.807, 2.05) is 30.3 Å². The molecule has 0 aliphatic rings. The molecule has 0 aromatic heterocycles. The van der Waals surface area contributed by atoms with Crippen LogP contribution in [0.2, 0.25) is 0 Å². The summed E-state index contributed by atoms with van der Waals surface area (Å²) in [6, 6.07) is 7.23. The van der Waals surface area contributed by atoms with Gasteiger partial charge in [-0.1, -0.05) is 36.9 Å². The van der Waals surface area contributed by atoms with E-state index in [1.165, 1.54) is 14.0 Å². The van der Waals surface area contributed by atoms with Gasteiger partial charge in [-0.05, 0) is 52.5 Å². The van der Waals surface area contributed by atoms with E-state index in [9.17, 15) is 24.0 Å². The second-order valence-electron chi connectivity index (χ2n) is 9.37. The Kier molecular flexibility index (Phi) is 13.4. The fourth-order valence-corrected chi connectivity index (χ4v) is 2.97. The molecule has 38 heavy (non-hydrogen) atoms. The maximum atomic E-state index is 12.8. The van der Waals surface area contributed by atoms with Crippen LogP contribution in [0, 0.1) is 0 Å². The maximum Gasteiger partial charge on any atom is 0.408 e. The maximum absolute atomic E-state index is 12.8. The molecule has 0 fully saturated rings. The second kappa shape index (κ2) is 15.9. The third-order valence-electron chi connectivity index (χ3n) is 4.86. The average Bonchev–Trinajstić information content (AvgIpc) is 2.85. The van der Waals surface area contributed by atoms with E-state index >= 15 is 0 Å². The SMILES string of the molecule is C=C(NC(=O)[C@H](CCCCNC(=O)OCc1ccccc1)NC(=O)OC(C)(C)C)C(=O)N[C@@H](C)C(=O)OC. The molecule has 0 unspecified atom stereocenters. The molecule has 4 amide bonds. The van der Waals surface area contributed by atoms with Gasteiger partial charge in [-0.25, -0.2) is 14.4 Å². The van der Waals surface area contributed by atoms with Gasteiger partial charge in [-0.2, -0.15) is 0 Å². The third-order valence-corrected chi connectivity index (χ3v) is 4.86. The van der Waals surface area contributed by atoms with Crippen molar-refractivity contribution in [2.75, 3.05) is 13.7 Å². The summed E-state index contributed by atoms with van der Waals surface area (Å²) in [5.74, 6) is -2.15. The number of hydrogen-bond donors (Lipinski definition) is 4. The highest BCUT2D eigenvalue weighted by Gasteiger charge is 2.26. The van der Waals surface area contributed by atoms with Crippen LogP contribution in [0.15, 0.2) is 42.6 Å². The van der Waals surface area contributed by atoms with Crippen LogP contribution in [-0.4, -0.2) is 61.3 Å². The van der Waals surface area contributed by atoms with Gasteiger partial charge in [-0.15, -0.1) is 0 Å². The first-order valence-corrected chi connectivity index (χ1v) is 12.1. The summed E-state index contributed by atoms with van der Waals surface area (Å²) in [6.45, 7) is 10.4. The largest absolute Gasteiger partial charge is 0.467 e. The van der Waals surface area contributed by atoms with Crippen LogP contribution in [0.5, 0.6) is 0 Å². The number of rotatable bonds is 13. The van der Waals surface area contributed by atoms with Gasteiger partial charge in [0.25, 0.3) is 5.91 Å². The van der Waals surface area contributed by atoms with E-state index in [1.54, 1.807) is 20.8 Å². The molecule has 0 saturated carbocycles. The Bertz CT molecular complexity index is 975. The van der Waals surface area contributed by atoms with E-state index in [0.717, 1.165) is 5.56 Å². The number of amides is 4. The van der Waals surface area contributed by atoms with Crippen molar-refractivity contribution in [2.24, 2.45) is 0 Å². The molecule has 1 aromatic carbocycles. The predicted octanol–water partition coefficient (Wildman–Crippen LogP) is 2.28. The van der Waals surface area contributed by atoms with E-state index < -0.39 is 47.7 Å². The smallest absolute Gasteiger partial charge is 0.408 e. The monoisotopic (exact) mass is 534 g/mol. The quantitative estimate of drug-likeness (QED) is 0.130. The number of carbonyl (C=O) groups excluding carboxylic acids is 5. The summed E-state index contributed by atoms with van der Waals surface area (Å²) in [5, 5.41) is 9.81. The molecule has 0 heterocycles. The normalized spacial score (nSPS) is 12.2. The summed E-state index contributed by atoms with van der Waals surface area (Å²) in [4.78, 5) is 60.7. The van der Waals surface area contributed by atoms with Crippen LogP contribution in [0.4, 0.5) is 9.59 Å². The van der Waals surface area contributed by atoms with E-state index in [0.29, 0.717) is 12.8 Å². The molecule has 0 radical (unpaired) electrons. The van der Waals surface area contributed by atoms with Crippen molar-refractivity contribution in [1.29, 1.82) is 0 Å². The van der Waals surface area contributed by atoms with Crippen LogP contribution in [0.25, 0.3) is 0 Å². The van der Waals surface area contributed by atoms with Crippen LogP contribution in [0.1, 0.15) is 52.5 Å². The first-order valence-electron chi connectivity index (χ1n) is 12.1. The Balaban J connectivity index is 2.59. The highest BCUT2D eigenvalue weighted by atomic mass is 16.6. The van der Waals surface area contributed by atoms with Crippen molar-refractivity contribution in [2.45, 2.75) is 71.2 Å². The summed E-state index contributed by atoms with van der Waals surface area (Å²) in [6.07, 6.45) is -0.282. The number of methoxy groups -OCH3 is 1. The minimum atomic E-state index is -1.06. The first kappa shape index (κ1) is 31.9. The van der Waals surface area contributed by atoms with Gasteiger partial charge in [-0.3, -0.25) is 9.59 Å². The predicted molar refractivity (Wildman–Crippen MR) is 139 cm³/mol. The van der Waals surface area contributed by atoms with Crippen molar-refractivity contribution in [1.82, 2.24) is 21.3 Å². The number of hydrogen-bond acceptors (Lipinski definition) is 8. The third kappa shape index (κ3) is 13.3. The number of ether oxygens (including phenoxy) is 3. The Hall–Kier alpha value is -4.09. The van der Waals surface area contributed by atoms with Crippen LogP contribution in [-0.2, 0) is 35.2 Å². The van der Waals surface area contributed by atoms with Gasteiger partial charge >= 0.3 is 18.2 Å². The first-order chi connectivity index (χ1) is 17.8. The summed E-state index contributed by atoms with van der Waals surface area (Å²) < 4.78 is 14.9. The fraction of sp³-hybridized carbons (Fsp3) is 0.500. The zero-order valence-electron chi connectivity index (χ0n) is 22.6. The van der Waals surface area contributed by atoms with Gasteiger partial charge in [0.15, 0.2) is 0 Å². The number of benzene rings is 1. The average molecular weight is 535 g/mol. The molecule has 0 aliphatic carbocycles. The molecule has 210 valence electrons. The lowest BCUT2D eigenvalue weighted by molar-refractivity contribution is -0.144. The van der Waals surface area contributed by atoms with Crippen LogP contribution < -0.4 is 21.3 Å². The van der Waals surface area contributed by atoms with Crippen molar-refractivity contribution in [3.05, 3.63) is 48.2 Å². The van der Waals surface area contributed by atoms with Gasteiger partial charge in [0.1, 0.15) is 24.3 Å². The number of nitrogens with one attached hydrogen (secondary N) is 4. The molecule has 0 aliphatic heterocycles. The van der Waals surface area contributed by atoms with Crippen molar-refractivity contribution in [3.63, 3.8) is 0 Å². The zero-order chi connectivity index (χ0) is 28.7. The molecule has 0 spiro atoms. The van der Waals surface area contributed by atoms with Crippen molar-refractivity contribution < 1.29 is 38.2 Å². The summed E-state index contributed by atoms with van der Waals surface area (Å²) in [5.41, 5.74) is -0.243. The highest BCUT2D eigenvalue weighted by molar-refractivity contribution is 6.00. The number of carbonyl (C=O) groups is 5. The molecular weight excluding hydrogens is 496 g/mol. The molecule has 1 rings (SSSR count). The standard InChI is InChI=1S/C26H38N4O8/c1-17(21(31)29-18(2)23(33)36-6)28-22(32)20(30-25(35)38-26(3,4)5)14-10-11-15-27-24(34)37-16-19-12-8-7-9-13-19/h7-9,12-13,18,20H,1,10-11,14-16H2,2-6H3,(H,27,34)(H,28,32)(H,29,31)(H,30,35)/t18-,20-/m0/s1. The molecule has 1 aromatic rings. The minimum absolute atomic E-state index is 0.143. The van der Waals surface area contributed by atoms with Gasteiger partial charge < -0.3 is 35.5 Å². The number of alkyl carbamates (subject to hydrolysis) is 2. The highest BCUT2D eigenvalue weighted by Crippen LogP contribution is 2.09. The summed E-state index contributed by atoms with van der Waals surface area (Å²) in [7, 11) is 1.18. The van der Waals surface area contributed by atoms with Gasteiger partial charge in [0, 0.05) is 6.54 Å². The molecular formula is C26H38N4O8. The summed E-state index contributed by atoms with van der Waals surface area (Å²) >= 11 is 0. The molecule has 4 N–H and O–H groups in total. The molecule has 12 nitrogen and oxygen atoms in total. The Morgan fingerprint density at radius 2 is 1.63 bits per heavy atom. The molecule has 2 atom stereocenters. The van der Waals surface area contributed by atoms with Crippen molar-refractivity contribution in [3.8, 4) is 0 Å². The lowest BCUT2D eigenvalue weighted by Gasteiger charge is -2.23. The Labute approximate surface area is 222 Å². The lowest BCUT2D eigenvalue weighted by atomic mass is 10.1. The minimum Gasteiger partial charge on any atom is -0.467 e. The van der Waals surface area contributed by atoms with E-state index in [2.05, 4.69) is 32.6 Å². The molecule has 0 saturated heterocycles. The zero-order valence-corrected chi connectivity index (χ0v) is 22.6. The van der Waals surface area contributed by atoms with E-state index in [4.69, 9.17) is 9.47 Å². The lowest BCUT2D eigenvalue weighted by Crippen LogP contribution is -2.50. The second-order valence-corrected chi connectivity index (χ2v) is 9.37. The van der Waals surface area contributed by atoms with Gasteiger partial charge in [0.05, 0.1) is 12.8 Å². The van der Waals surface area contributed by atoms with Gasteiger partial charge in [0.2, 0.25) is 5.91 Å². The number of esters is 1. The molecule has 0 bridgehead atoms. The number of unbranched alkanes of at least 4 members (excludes halogenated alkanes) is 1. The molecule has 12 heteroatoms. The Morgan fingerprint density at radius 3 is 2.24 bits per heavy atom. The van der Waals surface area contributed by atoms with Crippen LogP contribution in [0.3, 0.4) is 0 Å². The Morgan fingerprint density at radius 1 is 0.974 bits per heavy atom. The van der Waals surface area contributed by atoms with Crippen LogP contribution >= 0.6 is 0 Å². The van der Waals surface area contributed by atoms with E-state index in [-0.39, 0.29) is 25.3 Å². The van der Waals surface area contributed by atoms with Crippen molar-refractivity contribution >= 4 is 30.0 Å².